The molecular formula is C29H35Cl2N3O5S. The average Bonchev–Trinajstić information content (AvgIpc) is 3.27. The summed E-state index contributed by atoms with van der Waals surface area (Å²) in [6.07, 6.45) is 0.130. The highest BCUT2D eigenvalue weighted by molar-refractivity contribution is 8.25. The molecule has 0 saturated carbocycles. The number of hydrogen-bond donors (Lipinski definition) is 5. The molecule has 3 aromatic carbocycles. The van der Waals surface area contributed by atoms with Crippen molar-refractivity contribution in [2.45, 2.75) is 38.5 Å². The second kappa shape index (κ2) is 13.9. The normalized spacial score (nSPS) is 16.8. The summed E-state index contributed by atoms with van der Waals surface area (Å²) in [5.74, 6) is 0.335. The number of aliphatic hydroxyl groups is 1. The van der Waals surface area contributed by atoms with Gasteiger partial charge in [-0.25, -0.2) is 0 Å². The summed E-state index contributed by atoms with van der Waals surface area (Å²) in [6.45, 7) is 3.34. The van der Waals surface area contributed by atoms with Crippen molar-refractivity contribution in [3.8, 4) is 5.75 Å². The second-order valence-electron chi connectivity index (χ2n) is 9.69. The predicted octanol–water partition coefficient (Wildman–Crippen LogP) is 5.76. The van der Waals surface area contributed by atoms with Gasteiger partial charge in [0, 0.05) is 41.3 Å². The lowest BCUT2D eigenvalue weighted by atomic mass is 10.00. The second-order valence-corrected chi connectivity index (χ2v) is 12.7. The number of hydrogen-bond acceptors (Lipinski definition) is 7. The molecule has 1 saturated heterocycles. The van der Waals surface area contributed by atoms with E-state index in [1.807, 2.05) is 37.3 Å². The van der Waals surface area contributed by atoms with E-state index in [0.29, 0.717) is 59.6 Å². The molecule has 1 aliphatic heterocycles. The number of amides is 1. The van der Waals surface area contributed by atoms with Crippen LogP contribution in [0.5, 0.6) is 5.75 Å². The largest absolute Gasteiger partial charge is 0.494 e. The van der Waals surface area contributed by atoms with E-state index in [0.717, 1.165) is 11.1 Å². The van der Waals surface area contributed by atoms with Gasteiger partial charge in [0.25, 0.3) is 5.91 Å². The minimum Gasteiger partial charge on any atom is -0.494 e. The molecule has 3 aromatic rings. The first kappa shape index (κ1) is 30.5. The molecule has 2 atom stereocenters. The molecule has 0 radical (unpaired) electrons. The van der Waals surface area contributed by atoms with Gasteiger partial charge in [-0.05, 0) is 61.2 Å². The number of benzene rings is 3. The van der Waals surface area contributed by atoms with Crippen molar-refractivity contribution in [1.82, 2.24) is 10.6 Å². The summed E-state index contributed by atoms with van der Waals surface area (Å²) in [5, 5.41) is 18.4. The molecule has 8 nitrogen and oxygen atoms in total. The molecule has 0 spiro atoms. The smallest absolute Gasteiger partial charge is 0.251 e. The third-order valence-electron chi connectivity index (χ3n) is 6.57. The van der Waals surface area contributed by atoms with Crippen molar-refractivity contribution in [3.05, 3.63) is 93.5 Å². The summed E-state index contributed by atoms with van der Waals surface area (Å²) in [6, 6.07) is 19.2. The van der Waals surface area contributed by atoms with Crippen molar-refractivity contribution in [3.63, 3.8) is 0 Å². The van der Waals surface area contributed by atoms with Crippen LogP contribution in [0.25, 0.3) is 0 Å². The van der Waals surface area contributed by atoms with Crippen molar-refractivity contribution in [1.29, 1.82) is 0 Å². The SMILES string of the molecule is CCOc1cc(C(=O)N[C@@H](Cc2ccccc2)[C@@H](O)CNCc2cc(Cl)cc(Cl)c2)cc(N2CCCS2(O)O)c1. The van der Waals surface area contributed by atoms with Crippen LogP contribution in [-0.4, -0.2) is 57.7 Å². The number of halogens is 2. The van der Waals surface area contributed by atoms with E-state index in [1.165, 1.54) is 4.31 Å². The van der Waals surface area contributed by atoms with Crippen molar-refractivity contribution in [2.75, 3.05) is 29.8 Å². The molecule has 216 valence electrons. The summed E-state index contributed by atoms with van der Waals surface area (Å²) in [4.78, 5) is 13.5. The number of rotatable bonds is 12. The molecule has 40 heavy (non-hydrogen) atoms. The highest BCUT2D eigenvalue weighted by Gasteiger charge is 2.30. The lowest BCUT2D eigenvalue weighted by Crippen LogP contribution is -2.48. The number of nitrogens with zero attached hydrogens (tertiary/aromatic N) is 1. The summed E-state index contributed by atoms with van der Waals surface area (Å²) >= 11 is 12.2. The lowest BCUT2D eigenvalue weighted by Gasteiger charge is -2.38. The summed E-state index contributed by atoms with van der Waals surface area (Å²) < 4.78 is 28.2. The molecule has 0 aliphatic carbocycles. The number of carbonyl (C=O) groups excluding carboxylic acids is 1. The summed E-state index contributed by atoms with van der Waals surface area (Å²) in [5.41, 5.74) is 2.65. The van der Waals surface area contributed by atoms with Crippen LogP contribution in [0.3, 0.4) is 0 Å². The van der Waals surface area contributed by atoms with Crippen LogP contribution in [0, 0.1) is 0 Å². The third kappa shape index (κ3) is 8.27. The Balaban J connectivity index is 1.52. The van der Waals surface area contributed by atoms with Crippen LogP contribution >= 0.6 is 34.0 Å². The van der Waals surface area contributed by atoms with Gasteiger partial charge in [-0.2, -0.15) is 0 Å². The highest BCUT2D eigenvalue weighted by atomic mass is 35.5. The molecule has 1 fully saturated rings. The first-order valence-corrected chi connectivity index (χ1v) is 15.6. The minimum atomic E-state index is -2.95. The van der Waals surface area contributed by atoms with Crippen molar-refractivity contribution in [2.24, 2.45) is 0 Å². The lowest BCUT2D eigenvalue weighted by molar-refractivity contribution is 0.0829. The Bertz CT molecular complexity index is 1280. The van der Waals surface area contributed by atoms with Gasteiger partial charge in [-0.15, -0.1) is 10.8 Å². The zero-order valence-electron chi connectivity index (χ0n) is 22.2. The zero-order chi connectivity index (χ0) is 28.7. The number of aliphatic hydroxyl groups excluding tert-OH is 1. The molecule has 5 N–H and O–H groups in total. The Hall–Kier alpha value is -2.50. The van der Waals surface area contributed by atoms with Gasteiger partial charge in [0.1, 0.15) is 5.75 Å². The van der Waals surface area contributed by atoms with Crippen LogP contribution in [-0.2, 0) is 13.0 Å². The molecular weight excluding hydrogens is 573 g/mol. The Morgan fingerprint density at radius 1 is 1.05 bits per heavy atom. The number of anilines is 1. The first-order valence-electron chi connectivity index (χ1n) is 13.1. The van der Waals surface area contributed by atoms with E-state index >= 15 is 0 Å². The molecule has 0 aromatic heterocycles. The topological polar surface area (TPSA) is 114 Å². The fourth-order valence-corrected chi connectivity index (χ4v) is 6.86. The Labute approximate surface area is 246 Å². The molecule has 0 bridgehead atoms. The number of nitrogens with one attached hydrogen (secondary N) is 2. The maximum absolute atomic E-state index is 13.5. The van der Waals surface area contributed by atoms with E-state index < -0.39 is 28.8 Å². The fraction of sp³-hybridized carbons (Fsp3) is 0.345. The van der Waals surface area contributed by atoms with Gasteiger partial charge >= 0.3 is 0 Å². The maximum atomic E-state index is 13.5. The summed E-state index contributed by atoms with van der Waals surface area (Å²) in [7, 11) is -2.95. The van der Waals surface area contributed by atoms with E-state index in [4.69, 9.17) is 27.9 Å². The van der Waals surface area contributed by atoms with Gasteiger partial charge in [-0.1, -0.05) is 53.5 Å². The van der Waals surface area contributed by atoms with Crippen LogP contribution in [0.1, 0.15) is 34.8 Å². The average molecular weight is 609 g/mol. The zero-order valence-corrected chi connectivity index (χ0v) is 24.6. The van der Waals surface area contributed by atoms with Crippen molar-refractivity contribution >= 4 is 45.6 Å². The van der Waals surface area contributed by atoms with Gasteiger partial charge < -0.3 is 20.5 Å². The molecule has 1 aliphatic rings. The first-order chi connectivity index (χ1) is 19.1. The quantitative estimate of drug-likeness (QED) is 0.178. The highest BCUT2D eigenvalue weighted by Crippen LogP contribution is 2.51. The Morgan fingerprint density at radius 2 is 1.77 bits per heavy atom. The predicted molar refractivity (Wildman–Crippen MR) is 163 cm³/mol. The van der Waals surface area contributed by atoms with Gasteiger partial charge in [0.05, 0.1) is 30.2 Å². The van der Waals surface area contributed by atoms with E-state index in [-0.39, 0.29) is 12.3 Å². The third-order valence-corrected chi connectivity index (χ3v) is 8.94. The van der Waals surface area contributed by atoms with E-state index in [1.54, 1.807) is 36.4 Å². The molecule has 1 amide bonds. The van der Waals surface area contributed by atoms with Crippen LogP contribution in [0.2, 0.25) is 10.0 Å². The minimum absolute atomic E-state index is 0.209. The standard InChI is InChI=1S/C29H35Cl2N3O5S/c1-2-39-26-15-22(14-25(17-26)34-9-6-10-40(34,37)38)29(36)33-27(13-20-7-4-3-5-8-20)28(35)19-32-18-21-11-23(30)16-24(31)12-21/h3-5,7-8,11-12,14-17,27-28,32,35,37-38H,2,6,9-10,13,18-19H2,1H3,(H,33,36)/t27-,28-/m0/s1. The molecule has 4 rings (SSSR count). The van der Waals surface area contributed by atoms with Crippen LogP contribution < -0.4 is 19.7 Å². The van der Waals surface area contributed by atoms with Gasteiger partial charge in [0.2, 0.25) is 0 Å². The van der Waals surface area contributed by atoms with E-state index in [2.05, 4.69) is 10.6 Å². The Morgan fingerprint density at radius 3 is 2.42 bits per heavy atom. The molecule has 1 heterocycles. The number of ether oxygens (including phenoxy) is 1. The van der Waals surface area contributed by atoms with Gasteiger partial charge in [0.15, 0.2) is 0 Å². The van der Waals surface area contributed by atoms with Crippen molar-refractivity contribution < 1.29 is 23.7 Å². The van der Waals surface area contributed by atoms with Crippen LogP contribution in [0.15, 0.2) is 66.7 Å². The monoisotopic (exact) mass is 607 g/mol. The number of carbonyl (C=O) groups is 1. The maximum Gasteiger partial charge on any atom is 0.251 e. The molecule has 0 unspecified atom stereocenters. The van der Waals surface area contributed by atoms with Gasteiger partial charge in [-0.3, -0.25) is 18.2 Å². The van der Waals surface area contributed by atoms with E-state index in [9.17, 15) is 19.0 Å². The fourth-order valence-electron chi connectivity index (χ4n) is 4.69. The molecule has 11 heteroatoms. The van der Waals surface area contributed by atoms with Crippen LogP contribution in [0.4, 0.5) is 5.69 Å². The Kier molecular flexibility index (Phi) is 10.6.